The Morgan fingerprint density at radius 3 is 0.765 bits per heavy atom. The van der Waals surface area contributed by atoms with Gasteiger partial charge in [0, 0.05) is 6.42 Å². The Hall–Kier alpha value is -0.530. The van der Waals surface area contributed by atoms with Crippen molar-refractivity contribution < 1.29 is 9.53 Å². The van der Waals surface area contributed by atoms with Crippen molar-refractivity contribution in [2.24, 2.45) is 0 Å². The van der Waals surface area contributed by atoms with Crippen molar-refractivity contribution in [1.82, 2.24) is 0 Å². The number of carbonyl (C=O) groups excluding carboxylic acids is 1. The van der Waals surface area contributed by atoms with Gasteiger partial charge in [-0.3, -0.25) is 4.79 Å². The molecule has 1 aliphatic heterocycles. The SMILES string of the molecule is O=C1CCCCCCCCCCCCCCCCCCCCCCCCCCCCCCCO1. The lowest BCUT2D eigenvalue weighted by Crippen LogP contribution is -2.05. The van der Waals surface area contributed by atoms with Gasteiger partial charge in [-0.2, -0.15) is 0 Å². The molecule has 1 saturated heterocycles. The van der Waals surface area contributed by atoms with Gasteiger partial charge in [-0.15, -0.1) is 0 Å². The van der Waals surface area contributed by atoms with Crippen LogP contribution < -0.4 is 0 Å². The zero-order valence-electron chi connectivity index (χ0n) is 23.2. The second-order valence-corrected chi connectivity index (χ2v) is 11.2. The van der Waals surface area contributed by atoms with Crippen LogP contribution in [0.1, 0.15) is 193 Å². The lowest BCUT2D eigenvalue weighted by Gasteiger charge is -2.06. The third-order valence-corrected chi connectivity index (χ3v) is 7.79. The molecule has 0 spiro atoms. The summed E-state index contributed by atoms with van der Waals surface area (Å²) in [5.41, 5.74) is 0. The van der Waals surface area contributed by atoms with E-state index in [9.17, 15) is 4.79 Å². The molecular formula is C32H62O2. The van der Waals surface area contributed by atoms with Gasteiger partial charge in [0.2, 0.25) is 0 Å². The van der Waals surface area contributed by atoms with Crippen molar-refractivity contribution >= 4 is 5.97 Å². The minimum absolute atomic E-state index is 0.0293. The van der Waals surface area contributed by atoms with Gasteiger partial charge >= 0.3 is 5.97 Å². The number of cyclic esters (lactones) is 1. The van der Waals surface area contributed by atoms with E-state index < -0.39 is 0 Å². The topological polar surface area (TPSA) is 26.3 Å². The first kappa shape index (κ1) is 31.5. The van der Waals surface area contributed by atoms with Crippen molar-refractivity contribution in [2.75, 3.05) is 6.61 Å². The molecule has 34 heavy (non-hydrogen) atoms. The largest absolute Gasteiger partial charge is 0.466 e. The van der Waals surface area contributed by atoms with E-state index >= 15 is 0 Å². The highest BCUT2D eigenvalue weighted by molar-refractivity contribution is 5.69. The molecule has 0 N–H and O–H groups in total. The Balaban J connectivity index is 2.06. The summed E-state index contributed by atoms with van der Waals surface area (Å²) in [4.78, 5) is 11.9. The minimum Gasteiger partial charge on any atom is -0.466 e. The van der Waals surface area contributed by atoms with Crippen LogP contribution >= 0.6 is 0 Å². The summed E-state index contributed by atoms with van der Waals surface area (Å²) in [5.74, 6) is 0.0293. The molecule has 0 unspecified atom stereocenters. The van der Waals surface area contributed by atoms with Gasteiger partial charge in [0.15, 0.2) is 0 Å². The van der Waals surface area contributed by atoms with Crippen molar-refractivity contribution in [3.63, 3.8) is 0 Å². The quantitative estimate of drug-likeness (QED) is 0.323. The third kappa shape index (κ3) is 24.6. The van der Waals surface area contributed by atoms with Crippen molar-refractivity contribution in [3.8, 4) is 0 Å². The maximum atomic E-state index is 11.9. The van der Waals surface area contributed by atoms with E-state index in [4.69, 9.17) is 4.74 Å². The van der Waals surface area contributed by atoms with E-state index in [1.54, 1.807) is 0 Å². The molecule has 0 atom stereocenters. The van der Waals surface area contributed by atoms with Crippen LogP contribution in [0, 0.1) is 0 Å². The zero-order chi connectivity index (χ0) is 24.2. The summed E-state index contributed by atoms with van der Waals surface area (Å²) in [7, 11) is 0. The predicted octanol–water partition coefficient (Wildman–Crippen LogP) is 11.2. The maximum Gasteiger partial charge on any atom is 0.305 e. The van der Waals surface area contributed by atoms with E-state index in [1.165, 1.54) is 173 Å². The van der Waals surface area contributed by atoms with E-state index in [0.717, 1.165) is 12.8 Å². The standard InChI is InChI=1S/C32H62O2/c33-32-30-28-26-24-22-20-18-16-14-12-10-8-6-4-2-1-3-5-7-9-11-13-15-17-19-21-23-25-27-29-31-34-32/h1-31H2. The van der Waals surface area contributed by atoms with Gasteiger partial charge in [-0.25, -0.2) is 0 Å². The number of hydrogen-bond donors (Lipinski definition) is 0. The third-order valence-electron chi connectivity index (χ3n) is 7.79. The highest BCUT2D eigenvalue weighted by Crippen LogP contribution is 2.16. The van der Waals surface area contributed by atoms with Crippen LogP contribution in [0.2, 0.25) is 0 Å². The summed E-state index contributed by atoms with van der Waals surface area (Å²) < 4.78 is 5.42. The van der Waals surface area contributed by atoms with Gasteiger partial charge in [0.1, 0.15) is 0 Å². The van der Waals surface area contributed by atoms with E-state index in [2.05, 4.69) is 0 Å². The van der Waals surface area contributed by atoms with Crippen LogP contribution in [0.5, 0.6) is 0 Å². The highest BCUT2D eigenvalue weighted by atomic mass is 16.5. The lowest BCUT2D eigenvalue weighted by atomic mass is 10.0. The molecule has 0 amide bonds. The second-order valence-electron chi connectivity index (χ2n) is 11.2. The number of carbonyl (C=O) groups is 1. The highest BCUT2D eigenvalue weighted by Gasteiger charge is 2.03. The first-order chi connectivity index (χ1) is 16.9. The molecule has 1 rings (SSSR count). The molecular weight excluding hydrogens is 416 g/mol. The molecule has 202 valence electrons. The zero-order valence-corrected chi connectivity index (χ0v) is 23.2. The van der Waals surface area contributed by atoms with Crippen LogP contribution in [0.15, 0.2) is 0 Å². The van der Waals surface area contributed by atoms with E-state index in [-0.39, 0.29) is 5.97 Å². The van der Waals surface area contributed by atoms with Crippen LogP contribution in [0.25, 0.3) is 0 Å². The lowest BCUT2D eigenvalue weighted by molar-refractivity contribution is -0.143. The first-order valence-corrected chi connectivity index (χ1v) is 16.1. The Bertz CT molecular complexity index is 370. The molecule has 0 aromatic heterocycles. The van der Waals surface area contributed by atoms with Crippen LogP contribution in [-0.4, -0.2) is 12.6 Å². The smallest absolute Gasteiger partial charge is 0.305 e. The van der Waals surface area contributed by atoms with E-state index in [1.807, 2.05) is 0 Å². The Kier molecular flexibility index (Phi) is 25.1. The average Bonchev–Trinajstić information content (AvgIpc) is 2.84. The van der Waals surface area contributed by atoms with Gasteiger partial charge in [0.05, 0.1) is 6.61 Å². The molecule has 0 saturated carbocycles. The van der Waals surface area contributed by atoms with Gasteiger partial charge in [0.25, 0.3) is 0 Å². The average molecular weight is 479 g/mol. The Morgan fingerprint density at radius 1 is 0.294 bits per heavy atom. The van der Waals surface area contributed by atoms with Gasteiger partial charge < -0.3 is 4.74 Å². The van der Waals surface area contributed by atoms with Gasteiger partial charge in [-0.05, 0) is 12.8 Å². The summed E-state index contributed by atoms with van der Waals surface area (Å²) in [6.45, 7) is 0.638. The Morgan fingerprint density at radius 2 is 0.500 bits per heavy atom. The Labute approximate surface area is 214 Å². The van der Waals surface area contributed by atoms with Gasteiger partial charge in [-0.1, -0.05) is 173 Å². The number of ether oxygens (including phenoxy) is 1. The molecule has 0 bridgehead atoms. The summed E-state index contributed by atoms with van der Waals surface area (Å²) in [5, 5.41) is 0. The molecule has 0 radical (unpaired) electrons. The summed E-state index contributed by atoms with van der Waals surface area (Å²) >= 11 is 0. The normalized spacial score (nSPS) is 23.5. The first-order valence-electron chi connectivity index (χ1n) is 16.1. The van der Waals surface area contributed by atoms with E-state index in [0.29, 0.717) is 13.0 Å². The van der Waals surface area contributed by atoms with Crippen molar-refractivity contribution in [3.05, 3.63) is 0 Å². The van der Waals surface area contributed by atoms with Crippen molar-refractivity contribution in [1.29, 1.82) is 0 Å². The number of esters is 1. The second kappa shape index (κ2) is 27.1. The fourth-order valence-corrected chi connectivity index (χ4v) is 5.40. The minimum atomic E-state index is 0.0293. The number of rotatable bonds is 0. The van der Waals surface area contributed by atoms with Crippen LogP contribution in [0.4, 0.5) is 0 Å². The summed E-state index contributed by atoms with van der Waals surface area (Å²) in [6, 6.07) is 0. The fourth-order valence-electron chi connectivity index (χ4n) is 5.40. The molecule has 1 heterocycles. The number of hydrogen-bond acceptors (Lipinski definition) is 2. The fraction of sp³-hybridized carbons (Fsp3) is 0.969. The molecule has 0 aromatic rings. The molecule has 0 aromatic carbocycles. The molecule has 2 nitrogen and oxygen atoms in total. The molecule has 1 aliphatic rings. The van der Waals surface area contributed by atoms with Crippen LogP contribution in [-0.2, 0) is 9.53 Å². The molecule has 0 aliphatic carbocycles. The molecule has 1 fully saturated rings. The summed E-state index contributed by atoms with van der Waals surface area (Å²) in [6.07, 6.45) is 40.7. The maximum absolute atomic E-state index is 11.9. The predicted molar refractivity (Wildman–Crippen MR) is 149 cm³/mol. The van der Waals surface area contributed by atoms with Crippen molar-refractivity contribution in [2.45, 2.75) is 193 Å². The van der Waals surface area contributed by atoms with Crippen LogP contribution in [0.3, 0.4) is 0 Å². The molecule has 2 heteroatoms. The monoisotopic (exact) mass is 478 g/mol.